The van der Waals surface area contributed by atoms with Gasteiger partial charge in [-0.1, -0.05) is 26.3 Å². The zero-order chi connectivity index (χ0) is 16.2. The van der Waals surface area contributed by atoms with Gasteiger partial charge in [0.15, 0.2) is 0 Å². The molecule has 0 bridgehead atoms. The van der Waals surface area contributed by atoms with Gasteiger partial charge in [0.1, 0.15) is 5.52 Å². The van der Waals surface area contributed by atoms with Crippen molar-refractivity contribution < 1.29 is 4.85 Å². The van der Waals surface area contributed by atoms with Crippen LogP contribution in [0, 0.1) is 5.21 Å². The second-order valence-electron chi connectivity index (χ2n) is 6.54. The molecule has 1 fully saturated rings. The van der Waals surface area contributed by atoms with Crippen LogP contribution in [0.15, 0.2) is 18.2 Å². The molecule has 0 amide bonds. The number of hydrogen-bond acceptors (Lipinski definition) is 5. The molecule has 0 atom stereocenters. The molecule has 1 N–H and O–H groups in total. The molecule has 0 spiro atoms. The molecular weight excluding hydrogens is 290 g/mol. The summed E-state index contributed by atoms with van der Waals surface area (Å²) in [6.45, 7) is 8.32. The van der Waals surface area contributed by atoms with Crippen LogP contribution in [-0.2, 0) is 0 Å². The van der Waals surface area contributed by atoms with Gasteiger partial charge >= 0.3 is 0 Å². The van der Waals surface area contributed by atoms with Gasteiger partial charge in [0.2, 0.25) is 0 Å². The Balaban J connectivity index is 1.70. The summed E-state index contributed by atoms with van der Waals surface area (Å²) in [6, 6.07) is 5.75. The lowest BCUT2D eigenvalue weighted by atomic mass is 10.0. The van der Waals surface area contributed by atoms with E-state index in [1.54, 1.807) is 6.07 Å². The van der Waals surface area contributed by atoms with Crippen LogP contribution >= 0.6 is 0 Å². The van der Waals surface area contributed by atoms with Gasteiger partial charge in [-0.05, 0) is 48.3 Å². The summed E-state index contributed by atoms with van der Waals surface area (Å²) in [4.78, 5) is 7.61. The molecule has 1 saturated heterocycles. The van der Waals surface area contributed by atoms with E-state index in [1.165, 1.54) is 37.9 Å². The van der Waals surface area contributed by atoms with E-state index in [1.807, 2.05) is 12.1 Å². The molecular formula is C17H25N5O. The summed E-state index contributed by atoms with van der Waals surface area (Å²) in [5.41, 5.74) is 2.38. The van der Waals surface area contributed by atoms with Crippen molar-refractivity contribution >= 4 is 17.0 Å². The third-order valence-corrected chi connectivity index (χ3v) is 4.44. The lowest BCUT2D eigenvalue weighted by Crippen LogP contribution is -2.36. The number of nitrogens with one attached hydrogen (secondary N) is 1. The second kappa shape index (κ2) is 7.08. The van der Waals surface area contributed by atoms with E-state index in [-0.39, 0.29) is 0 Å². The number of benzene rings is 1. The number of anilines is 1. The van der Waals surface area contributed by atoms with Gasteiger partial charge in [-0.25, -0.2) is 4.98 Å². The lowest BCUT2D eigenvalue weighted by molar-refractivity contribution is -0.641. The van der Waals surface area contributed by atoms with Crippen molar-refractivity contribution in [2.45, 2.75) is 39.0 Å². The van der Waals surface area contributed by atoms with Gasteiger partial charge in [0.05, 0.1) is 5.10 Å². The molecule has 0 saturated carbocycles. The highest BCUT2D eigenvalue weighted by molar-refractivity contribution is 5.72. The molecule has 23 heavy (non-hydrogen) atoms. The van der Waals surface area contributed by atoms with Gasteiger partial charge in [-0.2, -0.15) is 0 Å². The van der Waals surface area contributed by atoms with Crippen LogP contribution in [0.5, 0.6) is 0 Å². The minimum Gasteiger partial charge on any atom is -0.594 e. The molecule has 1 aromatic carbocycles. The molecule has 0 radical (unpaired) electrons. The standard InChI is InChI=1S/C17H25N5O/c1-13(2)14-6-7-16-15(12-14)19-17(20-22(16)23)18-8-11-21-9-4-3-5-10-21/h6-7,12-13H,3-5,8-11H2,1-2H3,(H,18,19,20). The Hall–Kier alpha value is -1.95. The Labute approximate surface area is 137 Å². The van der Waals surface area contributed by atoms with Crippen LogP contribution in [0.1, 0.15) is 44.6 Å². The van der Waals surface area contributed by atoms with Gasteiger partial charge in [-0.3, -0.25) is 0 Å². The van der Waals surface area contributed by atoms with E-state index in [0.29, 0.717) is 27.7 Å². The molecule has 0 unspecified atom stereocenters. The zero-order valence-corrected chi connectivity index (χ0v) is 14.0. The van der Waals surface area contributed by atoms with Gasteiger partial charge in [0, 0.05) is 19.2 Å². The summed E-state index contributed by atoms with van der Waals surface area (Å²) in [5, 5.41) is 19.2. The fraction of sp³-hybridized carbons (Fsp3) is 0.588. The van der Waals surface area contributed by atoms with Gasteiger partial charge in [0.25, 0.3) is 11.5 Å². The van der Waals surface area contributed by atoms with E-state index in [4.69, 9.17) is 0 Å². The number of likely N-dealkylation sites (tertiary alicyclic amines) is 1. The predicted octanol–water partition coefficient (Wildman–Crippen LogP) is 2.28. The van der Waals surface area contributed by atoms with E-state index in [0.717, 1.165) is 13.1 Å². The van der Waals surface area contributed by atoms with Crippen molar-refractivity contribution in [1.29, 1.82) is 0 Å². The second-order valence-corrected chi connectivity index (χ2v) is 6.54. The van der Waals surface area contributed by atoms with Crippen molar-refractivity contribution in [2.24, 2.45) is 0 Å². The summed E-state index contributed by atoms with van der Waals surface area (Å²) in [5.74, 6) is 0.815. The highest BCUT2D eigenvalue weighted by atomic mass is 16.5. The Kier molecular flexibility index (Phi) is 4.91. The maximum absolute atomic E-state index is 12.1. The monoisotopic (exact) mass is 315 g/mol. The molecule has 1 aliphatic rings. The topological polar surface area (TPSA) is 68.0 Å². The summed E-state index contributed by atoms with van der Waals surface area (Å²) >= 11 is 0. The first-order chi connectivity index (χ1) is 11.1. The average molecular weight is 315 g/mol. The average Bonchev–Trinajstić information content (AvgIpc) is 2.55. The Morgan fingerprint density at radius 1 is 1.26 bits per heavy atom. The Bertz CT molecular complexity index is 667. The fourth-order valence-electron chi connectivity index (χ4n) is 3.01. The number of rotatable bonds is 5. The predicted molar refractivity (Wildman–Crippen MR) is 91.4 cm³/mol. The Morgan fingerprint density at radius 3 is 2.78 bits per heavy atom. The SMILES string of the molecule is CC(C)c1ccc2c(c1)nc(NCCN1CCCCC1)n[n+]2[O-]. The molecule has 6 nitrogen and oxygen atoms in total. The van der Waals surface area contributed by atoms with E-state index in [2.05, 4.69) is 34.1 Å². The van der Waals surface area contributed by atoms with Crippen LogP contribution in [0.25, 0.3) is 11.0 Å². The van der Waals surface area contributed by atoms with Gasteiger partial charge in [-0.15, -0.1) is 0 Å². The van der Waals surface area contributed by atoms with Crippen molar-refractivity contribution in [3.8, 4) is 0 Å². The number of hydrogen-bond donors (Lipinski definition) is 1. The van der Waals surface area contributed by atoms with Crippen LogP contribution in [-0.4, -0.2) is 41.2 Å². The molecule has 1 aromatic heterocycles. The first-order valence-electron chi connectivity index (χ1n) is 8.51. The lowest BCUT2D eigenvalue weighted by Gasteiger charge is -2.26. The summed E-state index contributed by atoms with van der Waals surface area (Å²) in [7, 11) is 0. The molecule has 0 aliphatic carbocycles. The highest BCUT2D eigenvalue weighted by Crippen LogP contribution is 2.18. The van der Waals surface area contributed by atoms with Crippen LogP contribution < -0.4 is 10.2 Å². The van der Waals surface area contributed by atoms with Crippen molar-refractivity contribution in [3.63, 3.8) is 0 Å². The smallest absolute Gasteiger partial charge is 0.290 e. The largest absolute Gasteiger partial charge is 0.594 e. The third kappa shape index (κ3) is 3.88. The fourth-order valence-corrected chi connectivity index (χ4v) is 3.01. The molecule has 124 valence electrons. The highest BCUT2D eigenvalue weighted by Gasteiger charge is 2.13. The third-order valence-electron chi connectivity index (χ3n) is 4.44. The van der Waals surface area contributed by atoms with Crippen LogP contribution in [0.3, 0.4) is 0 Å². The number of fused-ring (bicyclic) bond motifs is 1. The minimum atomic E-state index is 0.407. The van der Waals surface area contributed by atoms with Crippen molar-refractivity contribution in [2.75, 3.05) is 31.5 Å². The Morgan fingerprint density at radius 2 is 2.04 bits per heavy atom. The van der Waals surface area contributed by atoms with E-state index < -0.39 is 0 Å². The quantitative estimate of drug-likeness (QED) is 0.677. The van der Waals surface area contributed by atoms with Crippen LogP contribution in [0.2, 0.25) is 0 Å². The summed E-state index contributed by atoms with van der Waals surface area (Å²) in [6.07, 6.45) is 3.90. The molecule has 2 aromatic rings. The number of aromatic nitrogens is 3. The van der Waals surface area contributed by atoms with Crippen molar-refractivity contribution in [3.05, 3.63) is 29.0 Å². The van der Waals surface area contributed by atoms with Gasteiger partial charge < -0.3 is 15.4 Å². The number of nitrogens with zero attached hydrogens (tertiary/aromatic N) is 4. The number of piperidine rings is 1. The maximum atomic E-state index is 12.1. The molecule has 2 heterocycles. The first-order valence-corrected chi connectivity index (χ1v) is 8.51. The van der Waals surface area contributed by atoms with E-state index in [9.17, 15) is 5.21 Å². The molecule has 1 aliphatic heterocycles. The first kappa shape index (κ1) is 15.9. The van der Waals surface area contributed by atoms with Crippen molar-refractivity contribution in [1.82, 2.24) is 15.0 Å². The maximum Gasteiger partial charge on any atom is 0.290 e. The molecule has 3 rings (SSSR count). The normalized spacial score (nSPS) is 16.1. The minimum absolute atomic E-state index is 0.407. The summed E-state index contributed by atoms with van der Waals surface area (Å²) < 4.78 is 0. The molecule has 6 heteroatoms. The zero-order valence-electron chi connectivity index (χ0n) is 14.0. The van der Waals surface area contributed by atoms with Crippen LogP contribution in [0.4, 0.5) is 5.95 Å². The van der Waals surface area contributed by atoms with E-state index >= 15 is 0 Å².